The number of carbonyl (C=O) groups excluding carboxylic acids is 3. The third-order valence-electron chi connectivity index (χ3n) is 7.16. The van der Waals surface area contributed by atoms with Gasteiger partial charge < -0.3 is 25.0 Å². The number of carbonyl (C=O) groups is 4. The van der Waals surface area contributed by atoms with E-state index in [0.717, 1.165) is 25.7 Å². The molecular weight excluding hydrogens is 474 g/mol. The average Bonchev–Trinajstić information content (AvgIpc) is 2.87. The number of hydrogen-bond donors (Lipinski definition) is 2. The van der Waals surface area contributed by atoms with Crippen molar-refractivity contribution in [3.63, 3.8) is 0 Å². The van der Waals surface area contributed by atoms with Crippen LogP contribution in [0.1, 0.15) is 70.8 Å². The molecule has 2 aliphatic rings. The fourth-order valence-corrected chi connectivity index (χ4v) is 5.01. The lowest BCUT2D eigenvalue weighted by molar-refractivity contribution is -0.138. The molecule has 0 saturated carbocycles. The molecule has 0 radical (unpaired) electrons. The second-order valence-corrected chi connectivity index (χ2v) is 11.2. The number of hydrogen-bond acceptors (Lipinski definition) is 5. The summed E-state index contributed by atoms with van der Waals surface area (Å²) in [6.07, 6.45) is 4.05. The molecule has 2 fully saturated rings. The molecule has 2 atom stereocenters. The van der Waals surface area contributed by atoms with Gasteiger partial charge in [-0.25, -0.2) is 4.79 Å². The molecule has 2 N–H and O–H groups in total. The third kappa shape index (κ3) is 8.76. The van der Waals surface area contributed by atoms with Crippen LogP contribution in [0.4, 0.5) is 4.79 Å². The lowest BCUT2D eigenvalue weighted by Gasteiger charge is -2.34. The Hall–Kier alpha value is -3.10. The van der Waals surface area contributed by atoms with Crippen LogP contribution in [-0.2, 0) is 19.1 Å². The minimum Gasteiger partial charge on any atom is -0.481 e. The number of nitrogens with zero attached hydrogens (tertiary/aromatic N) is 2. The van der Waals surface area contributed by atoms with Gasteiger partial charge >= 0.3 is 12.1 Å². The van der Waals surface area contributed by atoms with Gasteiger partial charge in [-0.2, -0.15) is 0 Å². The van der Waals surface area contributed by atoms with Gasteiger partial charge in [-0.15, -0.1) is 0 Å². The van der Waals surface area contributed by atoms with E-state index >= 15 is 0 Å². The highest BCUT2D eigenvalue weighted by Gasteiger charge is 2.31. The van der Waals surface area contributed by atoms with Crippen LogP contribution >= 0.6 is 0 Å². The highest BCUT2D eigenvalue weighted by Crippen LogP contribution is 2.25. The Balaban J connectivity index is 1.41. The van der Waals surface area contributed by atoms with Crippen molar-refractivity contribution in [3.8, 4) is 0 Å². The Bertz CT molecular complexity index is 937. The number of amides is 3. The predicted octanol–water partition coefficient (Wildman–Crippen LogP) is 3.64. The van der Waals surface area contributed by atoms with Gasteiger partial charge in [-0.1, -0.05) is 30.3 Å². The minimum absolute atomic E-state index is 0.0185. The molecule has 37 heavy (non-hydrogen) atoms. The number of nitrogens with one attached hydrogen (secondary N) is 1. The van der Waals surface area contributed by atoms with Crippen molar-refractivity contribution in [2.75, 3.05) is 32.7 Å². The van der Waals surface area contributed by atoms with Crippen LogP contribution in [0.5, 0.6) is 0 Å². The molecule has 0 aliphatic carbocycles. The molecule has 2 aliphatic heterocycles. The molecule has 1 unspecified atom stereocenters. The van der Waals surface area contributed by atoms with Crippen molar-refractivity contribution >= 4 is 23.9 Å². The topological polar surface area (TPSA) is 116 Å². The van der Waals surface area contributed by atoms with Crippen molar-refractivity contribution in [1.29, 1.82) is 0 Å². The number of likely N-dealkylation sites (tertiary alicyclic amines) is 2. The van der Waals surface area contributed by atoms with Gasteiger partial charge in [-0.05, 0) is 64.4 Å². The number of piperidine rings is 2. The highest BCUT2D eigenvalue weighted by atomic mass is 16.6. The van der Waals surface area contributed by atoms with E-state index in [9.17, 15) is 24.3 Å². The quantitative estimate of drug-likeness (QED) is 0.546. The molecule has 9 heteroatoms. The van der Waals surface area contributed by atoms with Crippen molar-refractivity contribution in [2.45, 2.75) is 70.8 Å². The monoisotopic (exact) mass is 515 g/mol. The van der Waals surface area contributed by atoms with E-state index in [2.05, 4.69) is 5.32 Å². The Labute approximate surface area is 219 Å². The number of ether oxygens (including phenoxy) is 1. The van der Waals surface area contributed by atoms with Crippen molar-refractivity contribution in [1.82, 2.24) is 15.1 Å². The summed E-state index contributed by atoms with van der Waals surface area (Å²) in [7, 11) is 0. The standard InChI is InChI=1S/C28H41N3O6/c1-28(2,3)37-27(36)30-16-13-20(14-17-30)11-12-24(32)31-15-7-10-22(19-31)25(33)29-18-23(26(34)35)21-8-5-4-6-9-21/h4-6,8-9,20,22-23H,7,10-19H2,1-3H3,(H,29,33)(H,34,35)/t22-,23?/m1/s1. The maximum Gasteiger partial charge on any atom is 0.410 e. The zero-order valence-electron chi connectivity index (χ0n) is 22.3. The number of carboxylic acids is 1. The van der Waals surface area contributed by atoms with Crippen molar-refractivity contribution in [2.24, 2.45) is 11.8 Å². The number of carboxylic acid groups (broad SMARTS) is 1. The van der Waals surface area contributed by atoms with Gasteiger partial charge in [-0.3, -0.25) is 14.4 Å². The normalized spacial score (nSPS) is 19.7. The molecule has 2 saturated heterocycles. The maximum atomic E-state index is 12.9. The summed E-state index contributed by atoms with van der Waals surface area (Å²) in [5, 5.41) is 12.4. The molecule has 1 aromatic rings. The molecule has 3 rings (SSSR count). The summed E-state index contributed by atoms with van der Waals surface area (Å²) in [6, 6.07) is 8.87. The number of aliphatic carboxylic acids is 1. The first-order valence-corrected chi connectivity index (χ1v) is 13.3. The van der Waals surface area contributed by atoms with Gasteiger partial charge in [0.2, 0.25) is 11.8 Å². The highest BCUT2D eigenvalue weighted by molar-refractivity contribution is 5.83. The Morgan fingerprint density at radius 2 is 1.70 bits per heavy atom. The fraction of sp³-hybridized carbons (Fsp3) is 0.643. The third-order valence-corrected chi connectivity index (χ3v) is 7.16. The summed E-state index contributed by atoms with van der Waals surface area (Å²) >= 11 is 0. The first kappa shape index (κ1) is 28.5. The van der Waals surface area contributed by atoms with Crippen LogP contribution < -0.4 is 5.32 Å². The molecule has 204 valence electrons. The van der Waals surface area contributed by atoms with Crippen LogP contribution in [0.3, 0.4) is 0 Å². The number of rotatable bonds is 8. The lowest BCUT2D eigenvalue weighted by Crippen LogP contribution is -2.46. The molecule has 9 nitrogen and oxygen atoms in total. The van der Waals surface area contributed by atoms with E-state index in [0.29, 0.717) is 50.5 Å². The number of benzene rings is 1. The largest absolute Gasteiger partial charge is 0.481 e. The first-order valence-electron chi connectivity index (χ1n) is 13.3. The molecule has 0 bridgehead atoms. The van der Waals surface area contributed by atoms with E-state index in [1.54, 1.807) is 34.1 Å². The van der Waals surface area contributed by atoms with E-state index in [1.165, 1.54) is 0 Å². The van der Waals surface area contributed by atoms with Crippen molar-refractivity contribution in [3.05, 3.63) is 35.9 Å². The van der Waals surface area contributed by atoms with Gasteiger partial charge in [0.05, 0.1) is 11.8 Å². The van der Waals surface area contributed by atoms with Crippen LogP contribution in [-0.4, -0.2) is 77.1 Å². The molecule has 2 heterocycles. The Morgan fingerprint density at radius 3 is 2.32 bits per heavy atom. The van der Waals surface area contributed by atoms with Gasteiger partial charge in [0, 0.05) is 39.1 Å². The molecule has 1 aromatic carbocycles. The zero-order chi connectivity index (χ0) is 27.0. The average molecular weight is 516 g/mol. The SMILES string of the molecule is CC(C)(C)OC(=O)N1CCC(CCC(=O)N2CCC[C@@H](C(=O)NCC(C(=O)O)c3ccccc3)C2)CC1. The van der Waals surface area contributed by atoms with Crippen LogP contribution in [0, 0.1) is 11.8 Å². The molecule has 0 aromatic heterocycles. The lowest BCUT2D eigenvalue weighted by atomic mass is 9.91. The summed E-state index contributed by atoms with van der Waals surface area (Å²) in [4.78, 5) is 53.2. The first-order chi connectivity index (χ1) is 17.5. The van der Waals surface area contributed by atoms with Gasteiger partial charge in [0.25, 0.3) is 0 Å². The summed E-state index contributed by atoms with van der Waals surface area (Å²) in [5.41, 5.74) is 0.135. The summed E-state index contributed by atoms with van der Waals surface area (Å²) < 4.78 is 5.45. The van der Waals surface area contributed by atoms with Gasteiger partial charge in [0.15, 0.2) is 0 Å². The van der Waals surface area contributed by atoms with E-state index in [-0.39, 0.29) is 30.4 Å². The van der Waals surface area contributed by atoms with E-state index in [1.807, 2.05) is 26.8 Å². The van der Waals surface area contributed by atoms with E-state index < -0.39 is 17.5 Å². The minimum atomic E-state index is -0.983. The van der Waals surface area contributed by atoms with Crippen LogP contribution in [0.2, 0.25) is 0 Å². The van der Waals surface area contributed by atoms with Crippen LogP contribution in [0.25, 0.3) is 0 Å². The van der Waals surface area contributed by atoms with E-state index in [4.69, 9.17) is 4.74 Å². The maximum absolute atomic E-state index is 12.9. The summed E-state index contributed by atoms with van der Waals surface area (Å²) in [5.74, 6) is -1.89. The molecule has 0 spiro atoms. The Morgan fingerprint density at radius 1 is 1.03 bits per heavy atom. The summed E-state index contributed by atoms with van der Waals surface area (Å²) in [6.45, 7) is 7.87. The Kier molecular flexibility index (Phi) is 9.94. The predicted molar refractivity (Wildman–Crippen MR) is 139 cm³/mol. The van der Waals surface area contributed by atoms with Gasteiger partial charge in [0.1, 0.15) is 5.60 Å². The van der Waals surface area contributed by atoms with Crippen LogP contribution in [0.15, 0.2) is 30.3 Å². The fourth-order valence-electron chi connectivity index (χ4n) is 5.01. The molecular formula is C28H41N3O6. The second-order valence-electron chi connectivity index (χ2n) is 11.2. The molecule has 3 amide bonds. The van der Waals surface area contributed by atoms with Crippen molar-refractivity contribution < 1.29 is 29.0 Å². The smallest absolute Gasteiger partial charge is 0.410 e. The second kappa shape index (κ2) is 12.9. The zero-order valence-corrected chi connectivity index (χ0v) is 22.3.